The first-order valence-corrected chi connectivity index (χ1v) is 10.4. The average Bonchev–Trinajstić information content (AvgIpc) is 3.36. The quantitative estimate of drug-likeness (QED) is 0.429. The Bertz CT molecular complexity index is 1110. The summed E-state index contributed by atoms with van der Waals surface area (Å²) in [4.78, 5) is 23.6. The average molecular weight is 423 g/mol. The Morgan fingerprint density at radius 2 is 1.90 bits per heavy atom. The predicted octanol–water partition coefficient (Wildman–Crippen LogP) is 5.20. The number of nitrogens with zero attached hydrogens (tertiary/aromatic N) is 4. The van der Waals surface area contributed by atoms with E-state index in [4.69, 9.17) is 11.6 Å². The molecule has 5 nitrogen and oxygen atoms in total. The number of hydrogen-bond acceptors (Lipinski definition) is 4. The molecule has 0 aliphatic rings. The number of hydrogen-bond donors (Lipinski definition) is 0. The Hall–Kier alpha value is -2.96. The van der Waals surface area contributed by atoms with Crippen LogP contribution in [0.2, 0.25) is 4.47 Å². The molecule has 0 fully saturated rings. The summed E-state index contributed by atoms with van der Waals surface area (Å²) in [6, 6.07) is 17.9. The maximum atomic E-state index is 13.3. The van der Waals surface area contributed by atoms with E-state index < -0.39 is 0 Å². The third-order valence-corrected chi connectivity index (χ3v) is 5.52. The first-order chi connectivity index (χ1) is 14.1. The summed E-state index contributed by atoms with van der Waals surface area (Å²) in [6.07, 6.45) is 3.47. The van der Waals surface area contributed by atoms with Gasteiger partial charge in [0.25, 0.3) is 5.91 Å². The molecule has 0 unspecified atom stereocenters. The maximum absolute atomic E-state index is 13.3. The van der Waals surface area contributed by atoms with Crippen LogP contribution in [0.5, 0.6) is 0 Å². The SMILES string of the molecule is Cc1ccc(N(Cc2csc(Cl)n2)C(=O)c2cn(Cc3ccccc3)cn2)cc1. The summed E-state index contributed by atoms with van der Waals surface area (Å²) < 4.78 is 2.37. The van der Waals surface area contributed by atoms with Gasteiger partial charge in [-0.1, -0.05) is 59.6 Å². The van der Waals surface area contributed by atoms with Crippen molar-refractivity contribution in [1.29, 1.82) is 0 Å². The zero-order chi connectivity index (χ0) is 20.2. The van der Waals surface area contributed by atoms with E-state index in [0.29, 0.717) is 23.3 Å². The number of rotatable bonds is 6. The van der Waals surface area contributed by atoms with Crippen LogP contribution in [0.15, 0.2) is 72.5 Å². The molecular formula is C22H19ClN4OS. The van der Waals surface area contributed by atoms with Gasteiger partial charge >= 0.3 is 0 Å². The minimum absolute atomic E-state index is 0.176. The van der Waals surface area contributed by atoms with Crippen LogP contribution in [0.25, 0.3) is 0 Å². The molecule has 7 heteroatoms. The van der Waals surface area contributed by atoms with Crippen molar-refractivity contribution in [3.05, 3.63) is 99.5 Å². The van der Waals surface area contributed by atoms with Gasteiger partial charge in [-0.15, -0.1) is 11.3 Å². The number of aromatic nitrogens is 3. The van der Waals surface area contributed by atoms with Crippen molar-refractivity contribution < 1.29 is 4.79 Å². The monoisotopic (exact) mass is 422 g/mol. The lowest BCUT2D eigenvalue weighted by molar-refractivity contribution is 0.0980. The highest BCUT2D eigenvalue weighted by atomic mass is 35.5. The van der Waals surface area contributed by atoms with Gasteiger partial charge in [-0.25, -0.2) is 9.97 Å². The molecule has 29 heavy (non-hydrogen) atoms. The number of carbonyl (C=O) groups is 1. The lowest BCUT2D eigenvalue weighted by Gasteiger charge is -2.21. The molecule has 0 atom stereocenters. The third kappa shape index (κ3) is 4.72. The van der Waals surface area contributed by atoms with Gasteiger partial charge in [0.1, 0.15) is 5.69 Å². The first kappa shape index (κ1) is 19.4. The number of imidazole rings is 1. The van der Waals surface area contributed by atoms with Gasteiger partial charge in [0, 0.05) is 23.8 Å². The number of halogens is 1. The molecule has 0 saturated carbocycles. The van der Waals surface area contributed by atoms with Crippen LogP contribution in [0.3, 0.4) is 0 Å². The van der Waals surface area contributed by atoms with E-state index in [-0.39, 0.29) is 5.91 Å². The topological polar surface area (TPSA) is 51.0 Å². The number of anilines is 1. The highest BCUT2D eigenvalue weighted by Crippen LogP contribution is 2.23. The fraction of sp³-hybridized carbons (Fsp3) is 0.136. The fourth-order valence-electron chi connectivity index (χ4n) is 3.01. The molecule has 4 rings (SSSR count). The summed E-state index contributed by atoms with van der Waals surface area (Å²) in [5, 5.41) is 1.87. The Morgan fingerprint density at radius 3 is 2.59 bits per heavy atom. The van der Waals surface area contributed by atoms with Crippen molar-refractivity contribution in [1.82, 2.24) is 14.5 Å². The van der Waals surface area contributed by atoms with Crippen LogP contribution < -0.4 is 4.90 Å². The third-order valence-electron chi connectivity index (χ3n) is 4.49. The normalized spacial score (nSPS) is 10.8. The molecule has 2 aromatic heterocycles. The lowest BCUT2D eigenvalue weighted by atomic mass is 10.2. The van der Waals surface area contributed by atoms with Gasteiger partial charge in [-0.05, 0) is 24.6 Å². The molecule has 0 bridgehead atoms. The fourth-order valence-corrected chi connectivity index (χ4v) is 3.78. The van der Waals surface area contributed by atoms with Gasteiger partial charge in [0.2, 0.25) is 0 Å². The minimum Gasteiger partial charge on any atom is -0.332 e. The van der Waals surface area contributed by atoms with E-state index in [1.54, 1.807) is 17.4 Å². The number of amides is 1. The second kappa shape index (κ2) is 8.59. The van der Waals surface area contributed by atoms with Gasteiger partial charge in [0.05, 0.1) is 18.6 Å². The Morgan fingerprint density at radius 1 is 1.14 bits per heavy atom. The molecule has 0 saturated heterocycles. The zero-order valence-corrected chi connectivity index (χ0v) is 17.4. The molecule has 1 amide bonds. The van der Waals surface area contributed by atoms with E-state index in [1.165, 1.54) is 11.3 Å². The molecule has 0 spiro atoms. The predicted molar refractivity (Wildman–Crippen MR) is 117 cm³/mol. The second-order valence-corrected chi connectivity index (χ2v) is 8.18. The minimum atomic E-state index is -0.176. The molecule has 2 aromatic carbocycles. The van der Waals surface area contributed by atoms with Gasteiger partial charge in [-0.2, -0.15) is 0 Å². The molecule has 0 aliphatic heterocycles. The second-order valence-electron chi connectivity index (χ2n) is 6.74. The maximum Gasteiger partial charge on any atom is 0.278 e. The van der Waals surface area contributed by atoms with Crippen molar-refractivity contribution in [2.45, 2.75) is 20.0 Å². The van der Waals surface area contributed by atoms with Crippen LogP contribution in [0.1, 0.15) is 27.3 Å². The number of benzene rings is 2. The molecule has 4 aromatic rings. The molecule has 0 N–H and O–H groups in total. The lowest BCUT2D eigenvalue weighted by Crippen LogP contribution is -2.30. The Balaban J connectivity index is 1.60. The summed E-state index contributed by atoms with van der Waals surface area (Å²) in [6.45, 7) is 3.01. The Kier molecular flexibility index (Phi) is 5.74. The summed E-state index contributed by atoms with van der Waals surface area (Å²) in [7, 11) is 0. The van der Waals surface area contributed by atoms with Gasteiger partial charge in [-0.3, -0.25) is 4.79 Å². The van der Waals surface area contributed by atoms with E-state index in [1.807, 2.05) is 71.5 Å². The van der Waals surface area contributed by atoms with Crippen molar-refractivity contribution in [3.8, 4) is 0 Å². The van der Waals surface area contributed by atoms with Crippen LogP contribution in [0.4, 0.5) is 5.69 Å². The van der Waals surface area contributed by atoms with E-state index >= 15 is 0 Å². The molecule has 0 aliphatic carbocycles. The number of aryl methyl sites for hydroxylation is 1. The molecule has 2 heterocycles. The zero-order valence-electron chi connectivity index (χ0n) is 15.8. The van der Waals surface area contributed by atoms with Crippen LogP contribution in [-0.2, 0) is 13.1 Å². The Labute approximate surface area is 178 Å². The summed E-state index contributed by atoms with van der Waals surface area (Å²) >= 11 is 7.33. The van der Waals surface area contributed by atoms with Crippen LogP contribution in [0, 0.1) is 6.92 Å². The van der Waals surface area contributed by atoms with Crippen molar-refractivity contribution in [3.63, 3.8) is 0 Å². The number of carbonyl (C=O) groups excluding carboxylic acids is 1. The highest BCUT2D eigenvalue weighted by Gasteiger charge is 2.21. The first-order valence-electron chi connectivity index (χ1n) is 9.12. The van der Waals surface area contributed by atoms with Crippen molar-refractivity contribution in [2.75, 3.05) is 4.90 Å². The molecule has 0 radical (unpaired) electrons. The number of thiazole rings is 1. The smallest absolute Gasteiger partial charge is 0.278 e. The standard InChI is InChI=1S/C22H19ClN4OS/c1-16-7-9-19(10-8-16)27(12-18-14-29-22(23)25-18)21(28)20-13-26(15-24-20)11-17-5-3-2-4-6-17/h2-10,13-15H,11-12H2,1H3. The largest absolute Gasteiger partial charge is 0.332 e. The van der Waals surface area contributed by atoms with Crippen LogP contribution in [-0.4, -0.2) is 20.4 Å². The van der Waals surface area contributed by atoms with Gasteiger partial charge < -0.3 is 9.47 Å². The van der Waals surface area contributed by atoms with Crippen molar-refractivity contribution >= 4 is 34.5 Å². The summed E-state index contributed by atoms with van der Waals surface area (Å²) in [5.41, 5.74) is 4.21. The van der Waals surface area contributed by atoms with Crippen molar-refractivity contribution in [2.24, 2.45) is 0 Å². The highest BCUT2D eigenvalue weighted by molar-refractivity contribution is 7.13. The summed E-state index contributed by atoms with van der Waals surface area (Å²) in [5.74, 6) is -0.176. The molecular weight excluding hydrogens is 404 g/mol. The molecule has 146 valence electrons. The van der Waals surface area contributed by atoms with Crippen LogP contribution >= 0.6 is 22.9 Å². The van der Waals surface area contributed by atoms with E-state index in [2.05, 4.69) is 9.97 Å². The van der Waals surface area contributed by atoms with E-state index in [9.17, 15) is 4.79 Å². The van der Waals surface area contributed by atoms with E-state index in [0.717, 1.165) is 22.5 Å². The van der Waals surface area contributed by atoms with Gasteiger partial charge in [0.15, 0.2) is 4.47 Å².